The summed E-state index contributed by atoms with van der Waals surface area (Å²) in [5.41, 5.74) is 0.318. The molecule has 0 radical (unpaired) electrons. The Morgan fingerprint density at radius 1 is 1.18 bits per heavy atom. The van der Waals surface area contributed by atoms with Crippen LogP contribution in [-0.2, 0) is 14.3 Å². The zero-order valence-electron chi connectivity index (χ0n) is 11.8. The standard InChI is InChI=1S/C14H26O3/c1-11(10-14(3,4)5)8-9-17-13(16)7-6-12(2)15/h11H,6-10H2,1-5H3. The van der Waals surface area contributed by atoms with E-state index in [9.17, 15) is 9.59 Å². The van der Waals surface area contributed by atoms with Crippen molar-refractivity contribution in [2.45, 2.75) is 60.3 Å². The van der Waals surface area contributed by atoms with E-state index in [1.165, 1.54) is 6.92 Å². The molecule has 0 aromatic heterocycles. The third-order valence-corrected chi connectivity index (χ3v) is 2.52. The molecule has 1 atom stereocenters. The first-order valence-electron chi connectivity index (χ1n) is 6.36. The molecule has 1 unspecified atom stereocenters. The van der Waals surface area contributed by atoms with E-state index in [1.54, 1.807) is 0 Å². The first kappa shape index (κ1) is 16.1. The second-order valence-electron chi connectivity index (χ2n) is 6.08. The van der Waals surface area contributed by atoms with Gasteiger partial charge >= 0.3 is 5.97 Å². The lowest BCUT2D eigenvalue weighted by atomic mass is 9.84. The van der Waals surface area contributed by atoms with Crippen LogP contribution in [0.2, 0.25) is 0 Å². The molecule has 0 aliphatic heterocycles. The van der Waals surface area contributed by atoms with E-state index in [4.69, 9.17) is 4.74 Å². The molecular weight excluding hydrogens is 216 g/mol. The van der Waals surface area contributed by atoms with Crippen molar-refractivity contribution in [2.75, 3.05) is 6.61 Å². The van der Waals surface area contributed by atoms with Gasteiger partial charge in [0.05, 0.1) is 13.0 Å². The number of hydrogen-bond acceptors (Lipinski definition) is 3. The second kappa shape index (κ2) is 7.46. The molecule has 0 rings (SSSR count). The minimum absolute atomic E-state index is 0.0306. The van der Waals surface area contributed by atoms with Crippen LogP contribution in [0.15, 0.2) is 0 Å². The van der Waals surface area contributed by atoms with Crippen LogP contribution in [0.5, 0.6) is 0 Å². The Balaban J connectivity index is 3.62. The summed E-state index contributed by atoms with van der Waals surface area (Å²) in [6, 6.07) is 0. The highest BCUT2D eigenvalue weighted by Crippen LogP contribution is 2.25. The molecule has 100 valence electrons. The number of ether oxygens (including phenoxy) is 1. The Hall–Kier alpha value is -0.860. The van der Waals surface area contributed by atoms with Crippen molar-refractivity contribution in [3.63, 3.8) is 0 Å². The molecule has 3 nitrogen and oxygen atoms in total. The summed E-state index contributed by atoms with van der Waals surface area (Å²) in [6.45, 7) is 10.8. The predicted molar refractivity (Wildman–Crippen MR) is 68.7 cm³/mol. The molecule has 0 saturated heterocycles. The van der Waals surface area contributed by atoms with Gasteiger partial charge in [0, 0.05) is 6.42 Å². The van der Waals surface area contributed by atoms with Crippen LogP contribution in [-0.4, -0.2) is 18.4 Å². The van der Waals surface area contributed by atoms with Gasteiger partial charge < -0.3 is 9.53 Å². The van der Waals surface area contributed by atoms with Crippen molar-refractivity contribution in [3.8, 4) is 0 Å². The van der Waals surface area contributed by atoms with Crippen molar-refractivity contribution < 1.29 is 14.3 Å². The summed E-state index contributed by atoms with van der Waals surface area (Å²) < 4.78 is 5.09. The molecule has 0 heterocycles. The number of hydrogen-bond donors (Lipinski definition) is 0. The van der Waals surface area contributed by atoms with Crippen molar-refractivity contribution in [3.05, 3.63) is 0 Å². The van der Waals surface area contributed by atoms with Gasteiger partial charge in [-0.2, -0.15) is 0 Å². The molecule has 0 fully saturated rings. The molecule has 3 heteroatoms. The molecule has 0 aliphatic rings. The van der Waals surface area contributed by atoms with Gasteiger partial charge in [-0.25, -0.2) is 0 Å². The lowest BCUT2D eigenvalue weighted by Gasteiger charge is -2.22. The fourth-order valence-electron chi connectivity index (χ4n) is 1.87. The van der Waals surface area contributed by atoms with E-state index >= 15 is 0 Å². The maximum absolute atomic E-state index is 11.2. The smallest absolute Gasteiger partial charge is 0.306 e. The molecule has 0 spiro atoms. The fraction of sp³-hybridized carbons (Fsp3) is 0.857. The van der Waals surface area contributed by atoms with E-state index < -0.39 is 0 Å². The van der Waals surface area contributed by atoms with Gasteiger partial charge in [0.1, 0.15) is 5.78 Å². The highest BCUT2D eigenvalue weighted by atomic mass is 16.5. The van der Waals surface area contributed by atoms with Crippen LogP contribution in [0, 0.1) is 11.3 Å². The molecule has 17 heavy (non-hydrogen) atoms. The van der Waals surface area contributed by atoms with Gasteiger partial charge in [-0.15, -0.1) is 0 Å². The number of ketones is 1. The quantitative estimate of drug-likeness (QED) is 0.643. The Labute approximate surface area is 105 Å². The highest BCUT2D eigenvalue weighted by molar-refractivity contribution is 5.80. The van der Waals surface area contributed by atoms with Crippen molar-refractivity contribution >= 4 is 11.8 Å². The highest BCUT2D eigenvalue weighted by Gasteiger charge is 2.15. The van der Waals surface area contributed by atoms with E-state index in [0.29, 0.717) is 17.9 Å². The van der Waals surface area contributed by atoms with Gasteiger partial charge in [0.2, 0.25) is 0 Å². The van der Waals surface area contributed by atoms with Gasteiger partial charge in [-0.05, 0) is 31.1 Å². The average Bonchev–Trinajstić information content (AvgIpc) is 2.11. The van der Waals surface area contributed by atoms with E-state index in [0.717, 1.165) is 12.8 Å². The van der Waals surface area contributed by atoms with Gasteiger partial charge in [-0.3, -0.25) is 4.79 Å². The van der Waals surface area contributed by atoms with E-state index in [-0.39, 0.29) is 24.6 Å². The fourth-order valence-corrected chi connectivity index (χ4v) is 1.87. The summed E-state index contributed by atoms with van der Waals surface area (Å²) in [5, 5.41) is 0. The van der Waals surface area contributed by atoms with Crippen molar-refractivity contribution in [1.29, 1.82) is 0 Å². The van der Waals surface area contributed by atoms with Gasteiger partial charge in [0.15, 0.2) is 0 Å². The van der Waals surface area contributed by atoms with Gasteiger partial charge in [0.25, 0.3) is 0 Å². The summed E-state index contributed by atoms with van der Waals surface area (Å²) in [7, 11) is 0. The lowest BCUT2D eigenvalue weighted by molar-refractivity contribution is -0.145. The van der Waals surface area contributed by atoms with Crippen LogP contribution in [0.25, 0.3) is 0 Å². The minimum atomic E-state index is -0.261. The summed E-state index contributed by atoms with van der Waals surface area (Å²) in [5.74, 6) is 0.321. The molecule has 0 bridgehead atoms. The van der Waals surface area contributed by atoms with Crippen LogP contribution in [0.3, 0.4) is 0 Å². The normalized spacial score (nSPS) is 13.2. The van der Waals surface area contributed by atoms with E-state index in [2.05, 4.69) is 27.7 Å². The Morgan fingerprint density at radius 3 is 2.24 bits per heavy atom. The second-order valence-corrected chi connectivity index (χ2v) is 6.08. The maximum Gasteiger partial charge on any atom is 0.306 e. The van der Waals surface area contributed by atoms with Gasteiger partial charge in [-0.1, -0.05) is 27.7 Å². The number of rotatable bonds is 7. The van der Waals surface area contributed by atoms with Crippen LogP contribution in [0.1, 0.15) is 60.3 Å². The lowest BCUT2D eigenvalue weighted by Crippen LogP contribution is -2.14. The Bertz CT molecular complexity index is 251. The molecule has 0 saturated carbocycles. The SMILES string of the molecule is CC(=O)CCC(=O)OCCC(C)CC(C)(C)C. The predicted octanol–water partition coefficient (Wildman–Crippen LogP) is 3.36. The summed E-state index contributed by atoms with van der Waals surface area (Å²) >= 11 is 0. The average molecular weight is 242 g/mol. The van der Waals surface area contributed by atoms with Crippen molar-refractivity contribution in [1.82, 2.24) is 0 Å². The largest absolute Gasteiger partial charge is 0.466 e. The van der Waals surface area contributed by atoms with Crippen LogP contribution < -0.4 is 0 Å². The van der Waals surface area contributed by atoms with Crippen molar-refractivity contribution in [2.24, 2.45) is 11.3 Å². The molecule has 0 aliphatic carbocycles. The summed E-state index contributed by atoms with van der Waals surface area (Å²) in [4.78, 5) is 21.9. The monoisotopic (exact) mass is 242 g/mol. The van der Waals surface area contributed by atoms with E-state index in [1.807, 2.05) is 0 Å². The third kappa shape index (κ3) is 11.4. The maximum atomic E-state index is 11.2. The molecule has 0 N–H and O–H groups in total. The number of Topliss-reactive ketones (excluding diaryl/α,β-unsaturated/α-hetero) is 1. The number of esters is 1. The third-order valence-electron chi connectivity index (χ3n) is 2.52. The first-order valence-corrected chi connectivity index (χ1v) is 6.36. The Kier molecular flexibility index (Phi) is 7.09. The first-order chi connectivity index (χ1) is 7.70. The van der Waals surface area contributed by atoms with Crippen LogP contribution >= 0.6 is 0 Å². The molecule has 0 aromatic rings. The number of carbonyl (C=O) groups is 2. The minimum Gasteiger partial charge on any atom is -0.466 e. The van der Waals surface area contributed by atoms with Crippen LogP contribution in [0.4, 0.5) is 0 Å². The molecule has 0 aromatic carbocycles. The zero-order chi connectivity index (χ0) is 13.5. The topological polar surface area (TPSA) is 43.4 Å². The number of carbonyl (C=O) groups excluding carboxylic acids is 2. The molecule has 0 amide bonds. The Morgan fingerprint density at radius 2 is 1.76 bits per heavy atom. The summed E-state index contributed by atoms with van der Waals surface area (Å²) in [6.07, 6.45) is 2.51. The molecular formula is C14H26O3. The zero-order valence-corrected chi connectivity index (χ0v) is 11.8.